The van der Waals surface area contributed by atoms with Crippen molar-refractivity contribution in [1.29, 1.82) is 5.26 Å². The Morgan fingerprint density at radius 1 is 0.885 bits per heavy atom. The van der Waals surface area contributed by atoms with Gasteiger partial charge in [0.25, 0.3) is 5.91 Å². The van der Waals surface area contributed by atoms with Crippen LogP contribution in [0.2, 0.25) is 0 Å². The van der Waals surface area contributed by atoms with Gasteiger partial charge in [-0.25, -0.2) is 0 Å². The predicted molar refractivity (Wildman–Crippen MR) is 101 cm³/mol. The first kappa shape index (κ1) is 17.1. The summed E-state index contributed by atoms with van der Waals surface area (Å²) in [6.45, 7) is -0.109. The van der Waals surface area contributed by atoms with Gasteiger partial charge in [0, 0.05) is 17.1 Å². The first-order valence-corrected chi connectivity index (χ1v) is 8.08. The number of benzene rings is 3. The first-order valence-electron chi connectivity index (χ1n) is 8.08. The fraction of sp³-hybridized carbons (Fsp3) is 0.0476. The number of nitrogens with one attached hydrogen (secondary N) is 2. The molecular formula is C21H17N3O2. The molecule has 1 amide bonds. The van der Waals surface area contributed by atoms with Gasteiger partial charge in [0.15, 0.2) is 6.61 Å². The number of carbonyl (C=O) groups is 1. The fourth-order valence-electron chi connectivity index (χ4n) is 2.34. The van der Waals surface area contributed by atoms with Crippen molar-refractivity contribution in [3.05, 3.63) is 84.4 Å². The Morgan fingerprint density at radius 3 is 2.31 bits per heavy atom. The normalized spacial score (nSPS) is 9.81. The molecule has 0 saturated heterocycles. The lowest BCUT2D eigenvalue weighted by molar-refractivity contribution is -0.118. The van der Waals surface area contributed by atoms with Crippen LogP contribution in [-0.4, -0.2) is 12.5 Å². The van der Waals surface area contributed by atoms with Crippen LogP contribution in [-0.2, 0) is 4.79 Å². The van der Waals surface area contributed by atoms with E-state index in [4.69, 9.17) is 10.00 Å². The highest BCUT2D eigenvalue weighted by molar-refractivity contribution is 5.92. The van der Waals surface area contributed by atoms with Gasteiger partial charge in [-0.2, -0.15) is 5.26 Å². The van der Waals surface area contributed by atoms with Crippen LogP contribution in [0.25, 0.3) is 0 Å². The summed E-state index contributed by atoms with van der Waals surface area (Å²) in [6.07, 6.45) is 0. The molecule has 0 aliphatic carbocycles. The summed E-state index contributed by atoms with van der Waals surface area (Å²) in [5, 5.41) is 14.9. The molecule has 26 heavy (non-hydrogen) atoms. The highest BCUT2D eigenvalue weighted by Crippen LogP contribution is 2.20. The number of amides is 1. The Bertz CT molecular complexity index is 916. The Morgan fingerprint density at radius 2 is 1.58 bits per heavy atom. The second-order valence-electron chi connectivity index (χ2n) is 5.54. The molecular weight excluding hydrogens is 326 g/mol. The van der Waals surface area contributed by atoms with Crippen LogP contribution in [0.1, 0.15) is 5.56 Å². The third-order valence-corrected chi connectivity index (χ3v) is 3.56. The van der Waals surface area contributed by atoms with Crippen molar-refractivity contribution in [2.24, 2.45) is 0 Å². The van der Waals surface area contributed by atoms with Crippen molar-refractivity contribution in [2.75, 3.05) is 17.2 Å². The molecule has 0 bridgehead atoms. The number of nitriles is 1. The van der Waals surface area contributed by atoms with E-state index in [0.29, 0.717) is 17.0 Å². The second kappa shape index (κ2) is 8.36. The zero-order valence-corrected chi connectivity index (χ0v) is 14.0. The second-order valence-corrected chi connectivity index (χ2v) is 5.54. The van der Waals surface area contributed by atoms with E-state index in [9.17, 15) is 4.79 Å². The summed E-state index contributed by atoms with van der Waals surface area (Å²) in [6, 6.07) is 26.0. The maximum absolute atomic E-state index is 12.0. The monoisotopic (exact) mass is 343 g/mol. The summed E-state index contributed by atoms with van der Waals surface area (Å²) >= 11 is 0. The highest BCUT2D eigenvalue weighted by atomic mass is 16.5. The Balaban J connectivity index is 1.51. The Kier molecular flexibility index (Phi) is 5.48. The van der Waals surface area contributed by atoms with E-state index in [-0.39, 0.29) is 12.5 Å². The van der Waals surface area contributed by atoms with Crippen molar-refractivity contribution in [3.63, 3.8) is 0 Å². The van der Waals surface area contributed by atoms with Gasteiger partial charge >= 0.3 is 0 Å². The molecule has 0 fully saturated rings. The zero-order valence-electron chi connectivity index (χ0n) is 14.0. The van der Waals surface area contributed by atoms with Crippen LogP contribution in [0.4, 0.5) is 17.1 Å². The van der Waals surface area contributed by atoms with Crippen molar-refractivity contribution in [1.82, 2.24) is 0 Å². The van der Waals surface area contributed by atoms with E-state index < -0.39 is 0 Å². The highest BCUT2D eigenvalue weighted by Gasteiger charge is 2.05. The smallest absolute Gasteiger partial charge is 0.262 e. The third-order valence-electron chi connectivity index (χ3n) is 3.56. The maximum Gasteiger partial charge on any atom is 0.262 e. The molecule has 0 heterocycles. The van der Waals surface area contributed by atoms with Crippen LogP contribution in [0.15, 0.2) is 78.9 Å². The van der Waals surface area contributed by atoms with Gasteiger partial charge < -0.3 is 15.4 Å². The van der Waals surface area contributed by atoms with Gasteiger partial charge in [-0.3, -0.25) is 4.79 Å². The molecule has 0 saturated carbocycles. The molecule has 3 rings (SSSR count). The number of carbonyl (C=O) groups excluding carboxylic acids is 1. The summed E-state index contributed by atoms with van der Waals surface area (Å²) < 4.78 is 5.50. The van der Waals surface area contributed by atoms with E-state index in [1.165, 1.54) is 0 Å². The lowest BCUT2D eigenvalue weighted by atomic mass is 10.2. The molecule has 5 heteroatoms. The molecule has 0 aromatic heterocycles. The minimum atomic E-state index is -0.286. The molecule has 128 valence electrons. The molecule has 0 spiro atoms. The molecule has 0 radical (unpaired) electrons. The van der Waals surface area contributed by atoms with E-state index in [0.717, 1.165) is 11.4 Å². The van der Waals surface area contributed by atoms with E-state index in [1.807, 2.05) is 48.5 Å². The van der Waals surface area contributed by atoms with Crippen LogP contribution >= 0.6 is 0 Å². The van der Waals surface area contributed by atoms with Crippen LogP contribution < -0.4 is 15.4 Å². The standard InChI is InChI=1S/C21H17N3O2/c22-14-16-5-4-8-19(13-16)24-21(25)15-26-20-11-9-18(10-12-20)23-17-6-2-1-3-7-17/h1-13,23H,15H2,(H,24,25). The van der Waals surface area contributed by atoms with Crippen LogP contribution in [0.3, 0.4) is 0 Å². The molecule has 5 nitrogen and oxygen atoms in total. The van der Waals surface area contributed by atoms with Crippen molar-refractivity contribution in [2.45, 2.75) is 0 Å². The third kappa shape index (κ3) is 4.86. The topological polar surface area (TPSA) is 74.2 Å². The number of hydrogen-bond acceptors (Lipinski definition) is 4. The van der Waals surface area contributed by atoms with Crippen molar-refractivity contribution in [3.8, 4) is 11.8 Å². The molecule has 0 unspecified atom stereocenters. The van der Waals surface area contributed by atoms with E-state index >= 15 is 0 Å². The number of nitrogens with zero attached hydrogens (tertiary/aromatic N) is 1. The Labute approximate surface area is 151 Å². The number of para-hydroxylation sites is 1. The lowest BCUT2D eigenvalue weighted by Crippen LogP contribution is -2.20. The molecule has 3 aromatic rings. The maximum atomic E-state index is 12.0. The van der Waals surface area contributed by atoms with E-state index in [1.54, 1.807) is 36.4 Å². The van der Waals surface area contributed by atoms with Gasteiger partial charge in [-0.15, -0.1) is 0 Å². The van der Waals surface area contributed by atoms with Crippen molar-refractivity contribution >= 4 is 23.0 Å². The van der Waals surface area contributed by atoms with Gasteiger partial charge in [-0.05, 0) is 54.6 Å². The van der Waals surface area contributed by atoms with Gasteiger partial charge in [-0.1, -0.05) is 24.3 Å². The minimum absolute atomic E-state index is 0.109. The summed E-state index contributed by atoms with van der Waals surface area (Å²) in [5.41, 5.74) is 2.99. The minimum Gasteiger partial charge on any atom is -0.484 e. The molecule has 0 aliphatic heterocycles. The fourth-order valence-corrected chi connectivity index (χ4v) is 2.34. The van der Waals surface area contributed by atoms with Gasteiger partial charge in [0.2, 0.25) is 0 Å². The van der Waals surface area contributed by atoms with Gasteiger partial charge in [0.1, 0.15) is 5.75 Å². The lowest BCUT2D eigenvalue weighted by Gasteiger charge is -2.09. The van der Waals surface area contributed by atoms with Crippen LogP contribution in [0.5, 0.6) is 5.75 Å². The first-order chi connectivity index (χ1) is 12.7. The summed E-state index contributed by atoms with van der Waals surface area (Å²) in [7, 11) is 0. The Hall–Kier alpha value is -3.78. The van der Waals surface area contributed by atoms with Crippen molar-refractivity contribution < 1.29 is 9.53 Å². The number of ether oxygens (including phenoxy) is 1. The number of hydrogen-bond donors (Lipinski definition) is 2. The number of rotatable bonds is 6. The molecule has 3 aromatic carbocycles. The number of anilines is 3. The predicted octanol–water partition coefficient (Wildman–Crippen LogP) is 4.32. The average molecular weight is 343 g/mol. The SMILES string of the molecule is N#Cc1cccc(NC(=O)COc2ccc(Nc3ccccc3)cc2)c1. The molecule has 2 N–H and O–H groups in total. The van der Waals surface area contributed by atoms with Gasteiger partial charge in [0.05, 0.1) is 11.6 Å². The molecule has 0 atom stereocenters. The van der Waals surface area contributed by atoms with Crippen LogP contribution in [0, 0.1) is 11.3 Å². The quantitative estimate of drug-likeness (QED) is 0.699. The average Bonchev–Trinajstić information content (AvgIpc) is 2.68. The summed E-state index contributed by atoms with van der Waals surface area (Å²) in [4.78, 5) is 12.0. The zero-order chi connectivity index (χ0) is 18.2. The summed E-state index contributed by atoms with van der Waals surface area (Å²) in [5.74, 6) is 0.316. The largest absolute Gasteiger partial charge is 0.484 e. The molecule has 0 aliphatic rings. The van der Waals surface area contributed by atoms with E-state index in [2.05, 4.69) is 10.6 Å².